The fraction of sp³-hybridized carbons (Fsp3) is 0.160. The second-order valence-electron chi connectivity index (χ2n) is 7.87. The number of nitrogens with one attached hydrogen (secondary N) is 2. The van der Waals surface area contributed by atoms with Crippen molar-refractivity contribution in [3.05, 3.63) is 95.6 Å². The summed E-state index contributed by atoms with van der Waals surface area (Å²) in [7, 11) is 0. The number of nitrogens with zero attached hydrogens (tertiary/aromatic N) is 3. The largest absolute Gasteiger partial charge is 0.325 e. The third kappa shape index (κ3) is 3.87. The first-order chi connectivity index (χ1) is 15.6. The van der Waals surface area contributed by atoms with Crippen LogP contribution in [0.15, 0.2) is 84.0 Å². The van der Waals surface area contributed by atoms with Gasteiger partial charge < -0.3 is 10.7 Å². The van der Waals surface area contributed by atoms with Crippen LogP contribution in [0.5, 0.6) is 0 Å². The number of aryl methyl sites for hydroxylation is 2. The number of carbonyl (C=O) groups is 1. The van der Waals surface area contributed by atoms with Crippen molar-refractivity contribution in [1.82, 2.24) is 14.9 Å². The third-order valence-corrected chi connectivity index (χ3v) is 6.75. The Bertz CT molecular complexity index is 1260. The van der Waals surface area contributed by atoms with Crippen LogP contribution in [0.4, 0.5) is 5.69 Å². The zero-order valence-electron chi connectivity index (χ0n) is 17.8. The van der Waals surface area contributed by atoms with Gasteiger partial charge in [-0.2, -0.15) is 0 Å². The van der Waals surface area contributed by atoms with Gasteiger partial charge in [-0.25, -0.2) is 4.68 Å². The van der Waals surface area contributed by atoms with Gasteiger partial charge in [0.2, 0.25) is 11.1 Å². The number of hydrogen-bond acceptors (Lipinski definition) is 5. The van der Waals surface area contributed by atoms with Crippen LogP contribution in [0.2, 0.25) is 0 Å². The summed E-state index contributed by atoms with van der Waals surface area (Å²) in [5, 5.41) is 12.1. The fourth-order valence-electron chi connectivity index (χ4n) is 3.81. The van der Waals surface area contributed by atoms with Crippen LogP contribution in [0.25, 0.3) is 11.4 Å². The second kappa shape index (κ2) is 8.51. The first kappa shape index (κ1) is 20.3. The molecule has 2 heterocycles. The number of rotatable bonds is 4. The molecule has 1 aromatic heterocycles. The molecule has 0 fully saturated rings. The highest BCUT2D eigenvalue weighted by molar-refractivity contribution is 8.00. The molecule has 0 aliphatic carbocycles. The maximum atomic E-state index is 13.5. The summed E-state index contributed by atoms with van der Waals surface area (Å²) in [6.07, 6.45) is 0. The molecule has 7 heteroatoms. The van der Waals surface area contributed by atoms with Crippen molar-refractivity contribution in [2.75, 3.05) is 10.7 Å². The predicted molar refractivity (Wildman–Crippen MR) is 128 cm³/mol. The van der Waals surface area contributed by atoms with E-state index in [2.05, 4.69) is 20.9 Å². The number of thioether (sulfide) groups is 1. The van der Waals surface area contributed by atoms with E-state index in [1.54, 1.807) is 0 Å². The van der Waals surface area contributed by atoms with E-state index in [-0.39, 0.29) is 11.9 Å². The summed E-state index contributed by atoms with van der Waals surface area (Å²) in [5.74, 6) is 0.656. The van der Waals surface area contributed by atoms with Gasteiger partial charge in [0.15, 0.2) is 5.82 Å². The maximum Gasteiger partial charge on any atom is 0.240 e. The molecule has 0 saturated carbocycles. The lowest BCUT2D eigenvalue weighted by molar-refractivity contribution is -0.116. The molecule has 2 unspecified atom stereocenters. The van der Waals surface area contributed by atoms with E-state index in [0.29, 0.717) is 5.16 Å². The van der Waals surface area contributed by atoms with E-state index < -0.39 is 5.25 Å². The monoisotopic (exact) mass is 441 g/mol. The average molecular weight is 442 g/mol. The number of carbonyl (C=O) groups excluding carboxylic acids is 1. The molecule has 5 rings (SSSR count). The zero-order valence-corrected chi connectivity index (χ0v) is 18.6. The Morgan fingerprint density at radius 3 is 2.44 bits per heavy atom. The van der Waals surface area contributed by atoms with Gasteiger partial charge in [0.05, 0.1) is 6.04 Å². The van der Waals surface area contributed by atoms with Crippen LogP contribution >= 0.6 is 11.8 Å². The van der Waals surface area contributed by atoms with Gasteiger partial charge in [0.25, 0.3) is 0 Å². The standard InChI is InChI=1S/C25H23N5OS/c1-16-13-14-17(2)20(15-16)26-24(31)22-21(18-9-5-3-6-10-18)29-30-23(27-28-25(30)32-22)19-11-7-4-8-12-19/h3-15,21-22,29H,1-2H3,(H,26,31). The van der Waals surface area contributed by atoms with Gasteiger partial charge in [-0.3, -0.25) is 4.79 Å². The summed E-state index contributed by atoms with van der Waals surface area (Å²) in [5.41, 5.74) is 8.47. The van der Waals surface area contributed by atoms with Crippen LogP contribution in [0, 0.1) is 13.8 Å². The highest BCUT2D eigenvalue weighted by Crippen LogP contribution is 2.39. The minimum absolute atomic E-state index is 0.0689. The van der Waals surface area contributed by atoms with E-state index in [1.165, 1.54) is 11.8 Å². The van der Waals surface area contributed by atoms with Gasteiger partial charge in [0.1, 0.15) is 5.25 Å². The number of anilines is 1. The Labute approximate surface area is 191 Å². The van der Waals surface area contributed by atoms with E-state index in [0.717, 1.165) is 33.8 Å². The Balaban J connectivity index is 1.51. The summed E-state index contributed by atoms with van der Waals surface area (Å²) in [6.45, 7) is 4.02. The average Bonchev–Trinajstić information content (AvgIpc) is 3.25. The molecule has 0 spiro atoms. The highest BCUT2D eigenvalue weighted by atomic mass is 32.2. The molecule has 3 aromatic carbocycles. The molecular formula is C25H23N5OS. The Kier molecular flexibility index (Phi) is 5.41. The summed E-state index contributed by atoms with van der Waals surface area (Å²) < 4.78 is 1.89. The normalized spacial score (nSPS) is 17.3. The smallest absolute Gasteiger partial charge is 0.240 e. The molecule has 0 bridgehead atoms. The Morgan fingerprint density at radius 2 is 1.69 bits per heavy atom. The molecule has 0 saturated heterocycles. The Hall–Kier alpha value is -3.58. The van der Waals surface area contributed by atoms with Crippen LogP contribution in [0.1, 0.15) is 22.7 Å². The molecule has 1 aliphatic rings. The molecule has 6 nitrogen and oxygen atoms in total. The molecule has 1 aliphatic heterocycles. The van der Waals surface area contributed by atoms with Crippen LogP contribution in [0.3, 0.4) is 0 Å². The summed E-state index contributed by atoms with van der Waals surface area (Å²) in [4.78, 5) is 13.5. The van der Waals surface area contributed by atoms with E-state index in [4.69, 9.17) is 0 Å². The van der Waals surface area contributed by atoms with Crippen molar-refractivity contribution in [2.24, 2.45) is 0 Å². The number of hydrogen-bond donors (Lipinski definition) is 2. The minimum atomic E-state index is -0.419. The quantitative estimate of drug-likeness (QED) is 0.468. The predicted octanol–water partition coefficient (Wildman–Crippen LogP) is 4.96. The van der Waals surface area contributed by atoms with Crippen LogP contribution < -0.4 is 10.7 Å². The van der Waals surface area contributed by atoms with Crippen molar-refractivity contribution < 1.29 is 4.79 Å². The van der Waals surface area contributed by atoms with E-state index >= 15 is 0 Å². The fourth-order valence-corrected chi connectivity index (χ4v) is 4.89. The number of benzene rings is 3. The second-order valence-corrected chi connectivity index (χ2v) is 8.98. The SMILES string of the molecule is Cc1ccc(C)c(NC(=O)C2Sc3nnc(-c4ccccc4)n3NC2c2ccccc2)c1. The number of amides is 1. The van der Waals surface area contributed by atoms with Gasteiger partial charge in [-0.1, -0.05) is 84.6 Å². The molecule has 2 atom stereocenters. The molecular weight excluding hydrogens is 418 g/mol. The zero-order chi connectivity index (χ0) is 22.1. The molecule has 1 amide bonds. The highest BCUT2D eigenvalue weighted by Gasteiger charge is 2.38. The van der Waals surface area contributed by atoms with Crippen molar-refractivity contribution in [2.45, 2.75) is 30.3 Å². The van der Waals surface area contributed by atoms with Crippen molar-refractivity contribution >= 4 is 23.4 Å². The minimum Gasteiger partial charge on any atom is -0.325 e. The number of fused-ring (bicyclic) bond motifs is 1. The maximum absolute atomic E-state index is 13.5. The van der Waals surface area contributed by atoms with Crippen molar-refractivity contribution in [1.29, 1.82) is 0 Å². The lowest BCUT2D eigenvalue weighted by atomic mass is 10.0. The molecule has 2 N–H and O–H groups in total. The van der Waals surface area contributed by atoms with Crippen molar-refractivity contribution in [3.63, 3.8) is 0 Å². The number of aromatic nitrogens is 3. The van der Waals surface area contributed by atoms with E-state index in [9.17, 15) is 4.79 Å². The summed E-state index contributed by atoms with van der Waals surface area (Å²) >= 11 is 1.43. The van der Waals surface area contributed by atoms with Gasteiger partial charge >= 0.3 is 0 Å². The van der Waals surface area contributed by atoms with E-state index in [1.807, 2.05) is 97.4 Å². The molecule has 4 aromatic rings. The van der Waals surface area contributed by atoms with Gasteiger partial charge in [-0.15, -0.1) is 10.2 Å². The Morgan fingerprint density at radius 1 is 0.969 bits per heavy atom. The third-order valence-electron chi connectivity index (χ3n) is 5.54. The molecule has 32 heavy (non-hydrogen) atoms. The summed E-state index contributed by atoms with van der Waals surface area (Å²) in [6, 6.07) is 25.8. The van der Waals surface area contributed by atoms with Crippen LogP contribution in [-0.4, -0.2) is 26.0 Å². The first-order valence-electron chi connectivity index (χ1n) is 10.5. The lowest BCUT2D eigenvalue weighted by Gasteiger charge is -2.33. The molecule has 160 valence electrons. The van der Waals surface area contributed by atoms with Gasteiger partial charge in [0, 0.05) is 11.3 Å². The van der Waals surface area contributed by atoms with Gasteiger partial charge in [-0.05, 0) is 36.6 Å². The van der Waals surface area contributed by atoms with Crippen LogP contribution in [-0.2, 0) is 4.79 Å². The van der Waals surface area contributed by atoms with Crippen molar-refractivity contribution in [3.8, 4) is 11.4 Å². The molecule has 0 radical (unpaired) electrons. The first-order valence-corrected chi connectivity index (χ1v) is 11.4. The topological polar surface area (TPSA) is 71.8 Å². The lowest BCUT2D eigenvalue weighted by Crippen LogP contribution is -2.41.